The summed E-state index contributed by atoms with van der Waals surface area (Å²) < 4.78 is 33.1. The topological polar surface area (TPSA) is 49.4 Å². The molecule has 0 aliphatic carbocycles. The number of fused-ring (bicyclic) bond motifs is 1. The molecule has 0 aliphatic rings. The zero-order valence-electron chi connectivity index (χ0n) is 13.3. The number of ether oxygens (including phenoxy) is 1. The molecule has 1 aromatic heterocycles. The van der Waals surface area contributed by atoms with E-state index in [2.05, 4.69) is 0 Å². The molecule has 0 fully saturated rings. The summed E-state index contributed by atoms with van der Waals surface area (Å²) >= 11 is 13.7. The van der Waals surface area contributed by atoms with E-state index in [4.69, 9.17) is 27.9 Å². The Kier molecular flexibility index (Phi) is 5.37. The quantitative estimate of drug-likeness (QED) is 0.584. The lowest BCUT2D eigenvalue weighted by Crippen LogP contribution is -2.39. The van der Waals surface area contributed by atoms with E-state index < -0.39 is 23.7 Å². The zero-order chi connectivity index (χ0) is 19.0. The minimum absolute atomic E-state index is 0.0619. The van der Waals surface area contributed by atoms with Crippen LogP contribution in [-0.2, 0) is 4.79 Å². The summed E-state index contributed by atoms with van der Waals surface area (Å²) in [5, 5.41) is 11.9. The van der Waals surface area contributed by atoms with Crippen LogP contribution < -0.4 is 9.84 Å². The van der Waals surface area contributed by atoms with E-state index >= 15 is 0 Å². The molecule has 1 unspecified atom stereocenters. The van der Waals surface area contributed by atoms with Gasteiger partial charge in [0.15, 0.2) is 0 Å². The van der Waals surface area contributed by atoms with Gasteiger partial charge in [0.2, 0.25) is 0 Å². The van der Waals surface area contributed by atoms with Crippen molar-refractivity contribution in [3.8, 4) is 16.2 Å². The first kappa shape index (κ1) is 18.9. The van der Waals surface area contributed by atoms with Gasteiger partial charge >= 0.3 is 0 Å². The molecule has 0 saturated heterocycles. The van der Waals surface area contributed by atoms with Gasteiger partial charge in [-0.2, -0.15) is 0 Å². The van der Waals surface area contributed by atoms with Crippen molar-refractivity contribution >= 4 is 50.6 Å². The molecule has 3 rings (SSSR count). The number of hydrogen-bond donors (Lipinski definition) is 0. The number of halogens is 4. The molecule has 8 heteroatoms. The maximum absolute atomic E-state index is 14.0. The molecule has 0 spiro atoms. The molecule has 0 amide bonds. The van der Waals surface area contributed by atoms with E-state index in [1.807, 2.05) is 0 Å². The smallest absolute Gasteiger partial charge is 0.141 e. The molecule has 136 valence electrons. The highest BCUT2D eigenvalue weighted by Gasteiger charge is 2.19. The molecule has 3 nitrogen and oxygen atoms in total. The molecule has 0 N–H and O–H groups in total. The van der Waals surface area contributed by atoms with Gasteiger partial charge in [0.05, 0.1) is 15.7 Å². The number of aliphatic carboxylic acids is 1. The summed E-state index contributed by atoms with van der Waals surface area (Å²) in [4.78, 5) is 11.6. The van der Waals surface area contributed by atoms with Crippen LogP contribution in [0.25, 0.3) is 20.5 Å². The molecule has 3 aromatic rings. The van der Waals surface area contributed by atoms with Crippen LogP contribution in [0.1, 0.15) is 13.3 Å². The molecule has 0 saturated carbocycles. The van der Waals surface area contributed by atoms with Gasteiger partial charge in [-0.1, -0.05) is 30.1 Å². The lowest BCUT2D eigenvalue weighted by atomic mass is 10.1. The molecular formula is C18H11Cl2F2O3S-. The second kappa shape index (κ2) is 7.39. The number of rotatable bonds is 5. The van der Waals surface area contributed by atoms with E-state index in [1.165, 1.54) is 23.5 Å². The third-order valence-electron chi connectivity index (χ3n) is 3.76. The first-order valence-corrected chi connectivity index (χ1v) is 9.13. The van der Waals surface area contributed by atoms with Crippen LogP contribution in [0.15, 0.2) is 30.3 Å². The predicted octanol–water partition coefficient (Wildman–Crippen LogP) is 5.06. The average molecular weight is 416 g/mol. The Hall–Kier alpha value is -1.89. The van der Waals surface area contributed by atoms with Crippen LogP contribution >= 0.6 is 34.5 Å². The fourth-order valence-corrected chi connectivity index (χ4v) is 4.13. The number of carboxylic acid groups (broad SMARTS) is 1. The van der Waals surface area contributed by atoms with Gasteiger partial charge in [-0.25, -0.2) is 8.78 Å². The third kappa shape index (κ3) is 3.49. The van der Waals surface area contributed by atoms with E-state index in [-0.39, 0.29) is 27.8 Å². The highest BCUT2D eigenvalue weighted by molar-refractivity contribution is 7.23. The van der Waals surface area contributed by atoms with Gasteiger partial charge in [0, 0.05) is 16.5 Å². The average Bonchev–Trinajstić information content (AvgIpc) is 3.00. The van der Waals surface area contributed by atoms with Crippen molar-refractivity contribution in [3.63, 3.8) is 0 Å². The van der Waals surface area contributed by atoms with Crippen molar-refractivity contribution in [2.75, 3.05) is 0 Å². The van der Waals surface area contributed by atoms with Crippen molar-refractivity contribution in [1.82, 2.24) is 0 Å². The molecule has 26 heavy (non-hydrogen) atoms. The molecule has 0 aliphatic heterocycles. The van der Waals surface area contributed by atoms with E-state index in [9.17, 15) is 18.7 Å². The first-order valence-electron chi connectivity index (χ1n) is 7.56. The van der Waals surface area contributed by atoms with Crippen molar-refractivity contribution < 1.29 is 23.4 Å². The van der Waals surface area contributed by atoms with Gasteiger partial charge in [-0.3, -0.25) is 0 Å². The maximum atomic E-state index is 14.0. The van der Waals surface area contributed by atoms with Crippen LogP contribution in [-0.4, -0.2) is 12.1 Å². The molecular weight excluding hydrogens is 405 g/mol. The van der Waals surface area contributed by atoms with Gasteiger partial charge < -0.3 is 14.6 Å². The minimum atomic E-state index is -1.36. The monoisotopic (exact) mass is 415 g/mol. The van der Waals surface area contributed by atoms with Crippen LogP contribution in [0, 0.1) is 11.6 Å². The summed E-state index contributed by atoms with van der Waals surface area (Å²) in [6.07, 6.45) is -0.988. The van der Waals surface area contributed by atoms with Gasteiger partial charge in [0.1, 0.15) is 28.5 Å². The second-order valence-electron chi connectivity index (χ2n) is 5.49. The Bertz CT molecular complexity index is 1000. The Morgan fingerprint density at radius 3 is 2.58 bits per heavy atom. The summed E-state index contributed by atoms with van der Waals surface area (Å²) in [5.74, 6) is -2.63. The maximum Gasteiger partial charge on any atom is 0.141 e. The van der Waals surface area contributed by atoms with Gasteiger partial charge in [0.25, 0.3) is 0 Å². The number of benzene rings is 2. The Morgan fingerprint density at radius 1 is 1.23 bits per heavy atom. The molecule has 1 heterocycles. The van der Waals surface area contributed by atoms with Gasteiger partial charge in [-0.05, 0) is 36.1 Å². The summed E-state index contributed by atoms with van der Waals surface area (Å²) in [6, 6.07) is 6.50. The third-order valence-corrected chi connectivity index (χ3v) is 5.92. The van der Waals surface area contributed by atoms with Crippen LogP contribution in [0.2, 0.25) is 10.0 Å². The van der Waals surface area contributed by atoms with E-state index in [0.29, 0.717) is 15.0 Å². The van der Waals surface area contributed by atoms with Crippen molar-refractivity contribution in [1.29, 1.82) is 0 Å². The summed E-state index contributed by atoms with van der Waals surface area (Å²) in [5.41, 5.74) is 0.225. The Balaban J connectivity index is 2.10. The summed E-state index contributed by atoms with van der Waals surface area (Å²) in [7, 11) is 0. The first-order chi connectivity index (χ1) is 12.3. The number of carbonyl (C=O) groups excluding carboxylic acids is 1. The van der Waals surface area contributed by atoms with Crippen molar-refractivity contribution in [3.05, 3.63) is 52.0 Å². The van der Waals surface area contributed by atoms with Crippen LogP contribution in [0.4, 0.5) is 8.78 Å². The highest BCUT2D eigenvalue weighted by Crippen LogP contribution is 2.45. The highest BCUT2D eigenvalue weighted by atomic mass is 35.5. The zero-order valence-corrected chi connectivity index (χ0v) is 15.6. The SMILES string of the molecule is CCC(Oc1cc2cc(-c3ccc(F)cc3F)sc2c(Cl)c1Cl)C(=O)[O-]. The standard InChI is InChI=1S/C18H12Cl2F2O3S/c1-2-12(18(23)24)25-13-5-8-6-14(26-17(8)16(20)15(13)19)10-4-3-9(21)7-11(10)22/h3-7,12H,2H2,1H3,(H,23,24)/p-1. The molecule has 0 bridgehead atoms. The van der Waals surface area contributed by atoms with Crippen molar-refractivity contribution in [2.24, 2.45) is 0 Å². The fraction of sp³-hybridized carbons (Fsp3) is 0.167. The normalized spacial score (nSPS) is 12.3. The molecule has 0 radical (unpaired) electrons. The predicted molar refractivity (Wildman–Crippen MR) is 96.9 cm³/mol. The van der Waals surface area contributed by atoms with Gasteiger partial charge in [-0.15, -0.1) is 11.3 Å². The van der Waals surface area contributed by atoms with Crippen molar-refractivity contribution in [2.45, 2.75) is 19.4 Å². The molecule has 2 aromatic carbocycles. The van der Waals surface area contributed by atoms with E-state index in [1.54, 1.807) is 13.0 Å². The van der Waals surface area contributed by atoms with Crippen LogP contribution in [0.3, 0.4) is 0 Å². The lowest BCUT2D eigenvalue weighted by molar-refractivity contribution is -0.313. The largest absolute Gasteiger partial charge is 0.546 e. The number of carbonyl (C=O) groups is 1. The number of carboxylic acids is 1. The fourth-order valence-electron chi connectivity index (χ4n) is 2.46. The number of hydrogen-bond acceptors (Lipinski definition) is 4. The second-order valence-corrected chi connectivity index (χ2v) is 7.30. The Morgan fingerprint density at radius 2 is 1.96 bits per heavy atom. The van der Waals surface area contributed by atoms with E-state index in [0.717, 1.165) is 12.1 Å². The summed E-state index contributed by atoms with van der Waals surface area (Å²) in [6.45, 7) is 1.63. The van der Waals surface area contributed by atoms with Crippen LogP contribution in [0.5, 0.6) is 5.75 Å². The molecule has 1 atom stereocenters. The number of thiophene rings is 1. The Labute approximate surface area is 161 Å². The minimum Gasteiger partial charge on any atom is -0.546 e. The lowest BCUT2D eigenvalue weighted by Gasteiger charge is -2.19.